The number of pyridine rings is 1. The molecule has 56 valence electrons. The third-order valence-corrected chi connectivity index (χ3v) is 1.35. The molecule has 0 fully saturated rings. The molecule has 0 aliphatic rings. The summed E-state index contributed by atoms with van der Waals surface area (Å²) in [6, 6.07) is 3.31. The van der Waals surface area contributed by atoms with Gasteiger partial charge in [-0.15, -0.1) is 0 Å². The molecule has 1 aromatic rings. The average Bonchev–Trinajstić information content (AvgIpc) is 2.04. The maximum Gasteiger partial charge on any atom is 0.178 e. The molecule has 1 heterocycles. The predicted molar refractivity (Wildman–Crippen MR) is 47.7 cm³/mol. The Labute approximate surface area is 69.5 Å². The van der Waals surface area contributed by atoms with E-state index in [-0.39, 0.29) is 0 Å². The minimum absolute atomic E-state index is 0.375. The van der Waals surface area contributed by atoms with E-state index in [0.29, 0.717) is 16.7 Å². The van der Waals surface area contributed by atoms with Crippen molar-refractivity contribution < 1.29 is 0 Å². The Balaban J connectivity index is 3.26. The van der Waals surface area contributed by atoms with Gasteiger partial charge in [0.1, 0.15) is 10.8 Å². The van der Waals surface area contributed by atoms with Crippen LogP contribution in [0.2, 0.25) is 5.15 Å². The Bertz CT molecular complexity index is 296. The summed E-state index contributed by atoms with van der Waals surface area (Å²) in [4.78, 5) is 11.2. The summed E-state index contributed by atoms with van der Waals surface area (Å²) in [6.07, 6.45) is 0. The molecular formula is C7H6ClN3. The van der Waals surface area contributed by atoms with Crippen LogP contribution in [0, 0.1) is 0 Å². The molecule has 4 heteroatoms. The molecule has 0 unspecified atom stereocenters. The van der Waals surface area contributed by atoms with Crippen molar-refractivity contribution in [1.82, 2.24) is 4.98 Å². The molecule has 3 nitrogen and oxygen atoms in total. The monoisotopic (exact) mass is 167 g/mol. The van der Waals surface area contributed by atoms with Crippen LogP contribution in [0.25, 0.3) is 0 Å². The third kappa shape index (κ3) is 1.62. The van der Waals surface area contributed by atoms with Crippen LogP contribution in [-0.4, -0.2) is 18.4 Å². The molecule has 0 N–H and O–H groups in total. The highest BCUT2D eigenvalue weighted by molar-refractivity contribution is 6.29. The van der Waals surface area contributed by atoms with Crippen molar-refractivity contribution in [3.05, 3.63) is 17.3 Å². The molecule has 0 aliphatic carbocycles. The molecule has 0 amide bonds. The summed E-state index contributed by atoms with van der Waals surface area (Å²) in [5.74, 6) is 0.410. The highest BCUT2D eigenvalue weighted by Crippen LogP contribution is 2.25. The lowest BCUT2D eigenvalue weighted by molar-refractivity contribution is 1.27. The van der Waals surface area contributed by atoms with Crippen molar-refractivity contribution in [3.8, 4) is 0 Å². The maximum atomic E-state index is 5.59. The summed E-state index contributed by atoms with van der Waals surface area (Å²) in [5.41, 5.74) is 0.587. The molecule has 0 atom stereocenters. The van der Waals surface area contributed by atoms with Crippen molar-refractivity contribution in [1.29, 1.82) is 0 Å². The maximum absolute atomic E-state index is 5.59. The summed E-state index contributed by atoms with van der Waals surface area (Å²) in [6.45, 7) is 6.67. The van der Waals surface area contributed by atoms with Gasteiger partial charge in [-0.25, -0.2) is 9.98 Å². The first-order valence-electron chi connectivity index (χ1n) is 2.88. The van der Waals surface area contributed by atoms with Crippen LogP contribution in [0.15, 0.2) is 22.1 Å². The lowest BCUT2D eigenvalue weighted by Gasteiger charge is -1.96. The summed E-state index contributed by atoms with van der Waals surface area (Å²) in [5, 5.41) is 0.375. The van der Waals surface area contributed by atoms with E-state index in [1.165, 1.54) is 0 Å². The number of aromatic nitrogens is 1. The van der Waals surface area contributed by atoms with Crippen molar-refractivity contribution in [2.24, 2.45) is 9.98 Å². The topological polar surface area (TPSA) is 37.6 Å². The summed E-state index contributed by atoms with van der Waals surface area (Å²) < 4.78 is 0. The number of hydrogen-bond donors (Lipinski definition) is 0. The van der Waals surface area contributed by atoms with Gasteiger partial charge in [-0.05, 0) is 25.6 Å². The van der Waals surface area contributed by atoms with Gasteiger partial charge in [-0.2, -0.15) is 0 Å². The van der Waals surface area contributed by atoms with E-state index >= 15 is 0 Å². The normalized spacial score (nSPS) is 9.18. The van der Waals surface area contributed by atoms with E-state index < -0.39 is 0 Å². The van der Waals surface area contributed by atoms with E-state index in [9.17, 15) is 0 Å². The first kappa shape index (κ1) is 7.88. The van der Waals surface area contributed by atoms with Crippen molar-refractivity contribution in [2.75, 3.05) is 0 Å². The van der Waals surface area contributed by atoms with Crippen LogP contribution in [0.5, 0.6) is 0 Å². The highest BCUT2D eigenvalue weighted by atomic mass is 35.5. The van der Waals surface area contributed by atoms with Gasteiger partial charge in [0.15, 0.2) is 5.82 Å². The van der Waals surface area contributed by atoms with Crippen molar-refractivity contribution in [3.63, 3.8) is 0 Å². The molecular weight excluding hydrogens is 162 g/mol. The Hall–Kier alpha value is -1.22. The zero-order valence-electron chi connectivity index (χ0n) is 5.79. The average molecular weight is 168 g/mol. The van der Waals surface area contributed by atoms with Gasteiger partial charge in [-0.3, -0.25) is 4.99 Å². The van der Waals surface area contributed by atoms with Crippen LogP contribution >= 0.6 is 11.6 Å². The Morgan fingerprint density at radius 1 is 1.27 bits per heavy atom. The van der Waals surface area contributed by atoms with Gasteiger partial charge in [0.05, 0.1) is 0 Å². The van der Waals surface area contributed by atoms with Gasteiger partial charge in [0.2, 0.25) is 0 Å². The van der Waals surface area contributed by atoms with E-state index in [2.05, 4.69) is 28.4 Å². The lowest BCUT2D eigenvalue weighted by Crippen LogP contribution is -1.75. The van der Waals surface area contributed by atoms with Crippen LogP contribution < -0.4 is 0 Å². The molecule has 0 aromatic carbocycles. The van der Waals surface area contributed by atoms with Crippen molar-refractivity contribution >= 4 is 36.5 Å². The third-order valence-electron chi connectivity index (χ3n) is 1.14. The molecule has 0 saturated carbocycles. The summed E-state index contributed by atoms with van der Waals surface area (Å²) in [7, 11) is 0. The Morgan fingerprint density at radius 2 is 2.00 bits per heavy atom. The molecule has 1 aromatic heterocycles. The molecule has 0 aliphatic heterocycles. The second-order valence-corrected chi connectivity index (χ2v) is 2.18. The van der Waals surface area contributed by atoms with E-state index in [1.54, 1.807) is 12.1 Å². The van der Waals surface area contributed by atoms with Crippen LogP contribution in [0.3, 0.4) is 0 Å². The number of rotatable bonds is 2. The fourth-order valence-electron chi connectivity index (χ4n) is 0.658. The zero-order chi connectivity index (χ0) is 8.27. The number of hydrogen-bond acceptors (Lipinski definition) is 3. The zero-order valence-corrected chi connectivity index (χ0v) is 6.54. The summed E-state index contributed by atoms with van der Waals surface area (Å²) >= 11 is 5.59. The Morgan fingerprint density at radius 3 is 2.55 bits per heavy atom. The first-order valence-corrected chi connectivity index (χ1v) is 3.25. The van der Waals surface area contributed by atoms with Gasteiger partial charge in [-0.1, -0.05) is 11.6 Å². The number of aliphatic imine (C=N–C) groups is 2. The molecule has 0 bridgehead atoms. The molecule has 0 saturated heterocycles. The quantitative estimate of drug-likeness (QED) is 0.492. The van der Waals surface area contributed by atoms with Gasteiger partial charge < -0.3 is 0 Å². The SMILES string of the molecule is C=Nc1ccc(Cl)nc1N=C. The van der Waals surface area contributed by atoms with Crippen LogP contribution in [0.4, 0.5) is 11.5 Å². The van der Waals surface area contributed by atoms with E-state index in [1.807, 2.05) is 0 Å². The smallest absolute Gasteiger partial charge is 0.178 e. The van der Waals surface area contributed by atoms with E-state index in [0.717, 1.165) is 0 Å². The second-order valence-electron chi connectivity index (χ2n) is 1.79. The fourth-order valence-corrected chi connectivity index (χ4v) is 0.801. The molecule has 0 radical (unpaired) electrons. The van der Waals surface area contributed by atoms with E-state index in [4.69, 9.17) is 11.6 Å². The predicted octanol–water partition coefficient (Wildman–Crippen LogP) is 2.40. The first-order chi connectivity index (χ1) is 5.27. The van der Waals surface area contributed by atoms with Crippen LogP contribution in [-0.2, 0) is 0 Å². The largest absolute Gasteiger partial charge is 0.261 e. The molecule has 11 heavy (non-hydrogen) atoms. The van der Waals surface area contributed by atoms with Crippen molar-refractivity contribution in [2.45, 2.75) is 0 Å². The van der Waals surface area contributed by atoms with Crippen LogP contribution in [0.1, 0.15) is 0 Å². The standard InChI is InChI=1S/C7H6ClN3/c1-9-5-3-4-6(8)11-7(5)10-2/h3-4H,1-2H2. The highest BCUT2D eigenvalue weighted by Gasteiger charge is 1.99. The number of nitrogens with zero attached hydrogens (tertiary/aromatic N) is 3. The number of halogens is 1. The fraction of sp³-hybridized carbons (Fsp3) is 0. The molecule has 1 rings (SSSR count). The second kappa shape index (κ2) is 3.25. The minimum atomic E-state index is 0.375. The lowest BCUT2D eigenvalue weighted by atomic mass is 10.4. The van der Waals surface area contributed by atoms with Gasteiger partial charge in [0, 0.05) is 0 Å². The molecule has 0 spiro atoms. The van der Waals surface area contributed by atoms with Gasteiger partial charge in [0.25, 0.3) is 0 Å². The van der Waals surface area contributed by atoms with Gasteiger partial charge >= 0.3 is 0 Å². The minimum Gasteiger partial charge on any atom is -0.261 e. The Kier molecular flexibility index (Phi) is 2.33.